The van der Waals surface area contributed by atoms with Gasteiger partial charge in [-0.25, -0.2) is 5.43 Å². The van der Waals surface area contributed by atoms with Crippen LogP contribution in [0.5, 0.6) is 5.75 Å². The van der Waals surface area contributed by atoms with E-state index in [-0.39, 0.29) is 18.0 Å². The molecule has 0 saturated carbocycles. The van der Waals surface area contributed by atoms with Crippen LogP contribution in [-0.4, -0.2) is 22.0 Å². The number of ether oxygens (including phenoxy) is 1. The smallest absolute Gasteiger partial charge is 0.281 e. The summed E-state index contributed by atoms with van der Waals surface area (Å²) in [7, 11) is 0. The molecule has 0 fully saturated rings. The maximum absolute atomic E-state index is 12.4. The zero-order chi connectivity index (χ0) is 25.8. The molecule has 0 saturated heterocycles. The van der Waals surface area contributed by atoms with Crippen molar-refractivity contribution in [1.82, 2.24) is 5.43 Å². The molecule has 0 bridgehead atoms. The number of rotatable bonds is 8. The topological polar surface area (TPSA) is 137 Å². The maximum atomic E-state index is 12.4. The lowest BCUT2D eigenvalue weighted by molar-refractivity contribution is -0.385. The molecule has 0 aliphatic carbocycles. The molecule has 0 atom stereocenters. The molecule has 1 heterocycles. The first kappa shape index (κ1) is 25.2. The predicted molar refractivity (Wildman–Crippen MR) is 140 cm³/mol. The number of benzene rings is 3. The van der Waals surface area contributed by atoms with Gasteiger partial charge in [0.15, 0.2) is 5.75 Å². The maximum Gasteiger partial charge on any atom is 0.281 e. The van der Waals surface area contributed by atoms with Crippen molar-refractivity contribution in [1.29, 1.82) is 0 Å². The molecule has 182 valence electrons. The number of carbonyl (C=O) groups excluding carboxylic acids is 1. The lowest BCUT2D eigenvalue weighted by Gasteiger charge is -2.11. The molecule has 3 aromatic carbocycles. The van der Waals surface area contributed by atoms with Gasteiger partial charge in [0.2, 0.25) is 0 Å². The van der Waals surface area contributed by atoms with Gasteiger partial charge in [-0.2, -0.15) is 5.10 Å². The standard InChI is InChI=1S/C23H14BrClN4O6S/c24-18-7-14(8-19(25)22(18)35-12-13-1-3-16(4-2-13)28(31)32)11-26-27-23(30)21-10-15-9-17(29(33)34)5-6-20(15)36-21/h1-11H,12H2,(H,27,30)/b26-11-. The van der Waals surface area contributed by atoms with Crippen LogP contribution < -0.4 is 10.2 Å². The second-order valence-corrected chi connectivity index (χ2v) is 9.66. The van der Waals surface area contributed by atoms with Crippen LogP contribution in [0.25, 0.3) is 10.1 Å². The van der Waals surface area contributed by atoms with E-state index in [1.807, 2.05) is 0 Å². The minimum Gasteiger partial charge on any atom is -0.486 e. The summed E-state index contributed by atoms with van der Waals surface area (Å²) in [4.78, 5) is 33.5. The summed E-state index contributed by atoms with van der Waals surface area (Å²) in [6.07, 6.45) is 1.41. The van der Waals surface area contributed by atoms with Gasteiger partial charge in [0, 0.05) is 34.4 Å². The highest BCUT2D eigenvalue weighted by atomic mass is 79.9. The van der Waals surface area contributed by atoms with E-state index in [4.69, 9.17) is 16.3 Å². The summed E-state index contributed by atoms with van der Waals surface area (Å²) in [5.74, 6) is -0.0705. The van der Waals surface area contributed by atoms with E-state index >= 15 is 0 Å². The molecular formula is C23H14BrClN4O6S. The number of hydrogen-bond acceptors (Lipinski definition) is 8. The first-order chi connectivity index (χ1) is 17.2. The van der Waals surface area contributed by atoms with E-state index in [2.05, 4.69) is 26.5 Å². The van der Waals surface area contributed by atoms with Crippen molar-refractivity contribution in [2.24, 2.45) is 5.10 Å². The van der Waals surface area contributed by atoms with Gasteiger partial charge in [-0.15, -0.1) is 11.3 Å². The Morgan fingerprint density at radius 3 is 2.42 bits per heavy atom. The Balaban J connectivity index is 1.39. The van der Waals surface area contributed by atoms with Crippen LogP contribution in [0.15, 0.2) is 70.2 Å². The number of nitro groups is 2. The Kier molecular flexibility index (Phi) is 7.58. The number of hydrogen-bond donors (Lipinski definition) is 1. The van der Waals surface area contributed by atoms with E-state index in [9.17, 15) is 25.0 Å². The molecule has 10 nitrogen and oxygen atoms in total. The number of amides is 1. The van der Waals surface area contributed by atoms with Crippen LogP contribution in [0.1, 0.15) is 20.8 Å². The summed E-state index contributed by atoms with van der Waals surface area (Å²) in [5, 5.41) is 26.6. The average Bonchev–Trinajstić information content (AvgIpc) is 3.27. The molecule has 1 amide bonds. The van der Waals surface area contributed by atoms with Crippen molar-refractivity contribution < 1.29 is 19.4 Å². The zero-order valence-electron chi connectivity index (χ0n) is 18.0. The highest BCUT2D eigenvalue weighted by molar-refractivity contribution is 9.10. The zero-order valence-corrected chi connectivity index (χ0v) is 21.2. The summed E-state index contributed by atoms with van der Waals surface area (Å²) in [6.45, 7) is 0.151. The van der Waals surface area contributed by atoms with Gasteiger partial charge in [-0.1, -0.05) is 11.6 Å². The van der Waals surface area contributed by atoms with Gasteiger partial charge in [-0.05, 0) is 63.5 Å². The lowest BCUT2D eigenvalue weighted by Crippen LogP contribution is -2.16. The van der Waals surface area contributed by atoms with Crippen LogP contribution >= 0.6 is 38.9 Å². The normalized spacial score (nSPS) is 11.1. The molecule has 0 spiro atoms. The minimum absolute atomic E-state index is 0.00924. The van der Waals surface area contributed by atoms with Crippen molar-refractivity contribution in [2.75, 3.05) is 0 Å². The lowest BCUT2D eigenvalue weighted by atomic mass is 10.2. The number of nitrogens with one attached hydrogen (secondary N) is 1. The third kappa shape index (κ3) is 5.85. The van der Waals surface area contributed by atoms with Gasteiger partial charge < -0.3 is 4.74 Å². The Morgan fingerprint density at radius 2 is 1.75 bits per heavy atom. The molecule has 0 radical (unpaired) electrons. The van der Waals surface area contributed by atoms with E-state index in [0.717, 1.165) is 10.3 Å². The number of halogens is 2. The summed E-state index contributed by atoms with van der Waals surface area (Å²) in [6, 6.07) is 15.3. The summed E-state index contributed by atoms with van der Waals surface area (Å²) >= 11 is 10.9. The van der Waals surface area contributed by atoms with Crippen LogP contribution in [0.4, 0.5) is 11.4 Å². The fourth-order valence-electron chi connectivity index (χ4n) is 3.14. The van der Waals surface area contributed by atoms with Crippen molar-refractivity contribution in [3.63, 3.8) is 0 Å². The van der Waals surface area contributed by atoms with Crippen LogP contribution in [0, 0.1) is 20.2 Å². The van der Waals surface area contributed by atoms with Crippen LogP contribution in [-0.2, 0) is 6.61 Å². The number of carbonyl (C=O) groups is 1. The van der Waals surface area contributed by atoms with E-state index < -0.39 is 15.8 Å². The van der Waals surface area contributed by atoms with Crippen molar-refractivity contribution in [3.05, 3.63) is 106 Å². The molecule has 1 aromatic heterocycles. The van der Waals surface area contributed by atoms with Crippen molar-refractivity contribution in [3.8, 4) is 5.75 Å². The second kappa shape index (κ2) is 10.8. The van der Waals surface area contributed by atoms with E-state index in [1.165, 1.54) is 41.8 Å². The first-order valence-corrected chi connectivity index (χ1v) is 12.1. The fourth-order valence-corrected chi connectivity index (χ4v) is 5.06. The third-order valence-corrected chi connectivity index (χ3v) is 6.85. The van der Waals surface area contributed by atoms with Crippen molar-refractivity contribution >= 4 is 72.5 Å². The quantitative estimate of drug-likeness (QED) is 0.142. The molecular weight excluding hydrogens is 576 g/mol. The summed E-state index contributed by atoms with van der Waals surface area (Å²) in [5.41, 5.74) is 3.68. The molecule has 13 heteroatoms. The van der Waals surface area contributed by atoms with Gasteiger partial charge in [0.25, 0.3) is 17.3 Å². The molecule has 4 rings (SSSR count). The number of non-ortho nitro benzene ring substituents is 2. The van der Waals surface area contributed by atoms with Crippen LogP contribution in [0.2, 0.25) is 5.02 Å². The highest BCUT2D eigenvalue weighted by Crippen LogP contribution is 2.35. The molecule has 0 unspecified atom stereocenters. The molecule has 36 heavy (non-hydrogen) atoms. The van der Waals surface area contributed by atoms with Gasteiger partial charge in [0.1, 0.15) is 6.61 Å². The minimum atomic E-state index is -0.490. The third-order valence-electron chi connectivity index (χ3n) is 4.87. The molecule has 4 aromatic rings. The number of fused-ring (bicyclic) bond motifs is 1. The number of thiophene rings is 1. The first-order valence-electron chi connectivity index (χ1n) is 10.1. The van der Waals surface area contributed by atoms with E-state index in [0.29, 0.717) is 31.1 Å². The number of nitro benzene ring substituents is 2. The molecule has 0 aliphatic rings. The number of nitrogens with zero attached hydrogens (tertiary/aromatic N) is 3. The van der Waals surface area contributed by atoms with Gasteiger partial charge >= 0.3 is 0 Å². The SMILES string of the molecule is O=C(N/N=C\c1cc(Cl)c(OCc2ccc([N+](=O)[O-])cc2)c(Br)c1)c1cc2cc([N+](=O)[O-])ccc2s1. The molecule has 1 N–H and O–H groups in total. The van der Waals surface area contributed by atoms with E-state index in [1.54, 1.807) is 36.4 Å². The van der Waals surface area contributed by atoms with Crippen molar-refractivity contribution in [2.45, 2.75) is 6.61 Å². The average molecular weight is 590 g/mol. The summed E-state index contributed by atoms with van der Waals surface area (Å²) < 4.78 is 7.05. The Morgan fingerprint density at radius 1 is 1.06 bits per heavy atom. The van der Waals surface area contributed by atoms with Gasteiger partial charge in [-0.3, -0.25) is 25.0 Å². The fraction of sp³-hybridized carbons (Fsp3) is 0.0435. The highest BCUT2D eigenvalue weighted by Gasteiger charge is 2.14. The molecule has 0 aliphatic heterocycles. The predicted octanol–water partition coefficient (Wildman–Crippen LogP) is 6.48. The Hall–Kier alpha value is -3.87. The van der Waals surface area contributed by atoms with Crippen LogP contribution in [0.3, 0.4) is 0 Å². The Bertz CT molecular complexity index is 1500. The monoisotopic (exact) mass is 588 g/mol. The van der Waals surface area contributed by atoms with Gasteiger partial charge in [0.05, 0.1) is 30.4 Å². The Labute approximate surface area is 220 Å². The number of hydrazone groups is 1. The largest absolute Gasteiger partial charge is 0.486 e. The second-order valence-electron chi connectivity index (χ2n) is 7.31.